The van der Waals surface area contributed by atoms with Gasteiger partial charge in [0.1, 0.15) is 5.82 Å². The van der Waals surface area contributed by atoms with Crippen molar-refractivity contribution >= 4 is 15.9 Å². The number of halogens is 2. The first kappa shape index (κ1) is 13.6. The summed E-state index contributed by atoms with van der Waals surface area (Å²) >= 11 is 3.34. The van der Waals surface area contributed by atoms with Crippen molar-refractivity contribution < 1.29 is 4.39 Å². The number of nitrogens with one attached hydrogen (secondary N) is 2. The second kappa shape index (κ2) is 6.99. The van der Waals surface area contributed by atoms with Gasteiger partial charge in [0, 0.05) is 30.1 Å². The fourth-order valence-corrected chi connectivity index (χ4v) is 1.83. The molecule has 2 N–H and O–H groups in total. The second-order valence-electron chi connectivity index (χ2n) is 4.02. The lowest BCUT2D eigenvalue weighted by Crippen LogP contribution is -2.31. The minimum absolute atomic E-state index is 0.211. The van der Waals surface area contributed by atoms with Crippen LogP contribution in [0.4, 0.5) is 4.39 Å². The Bertz CT molecular complexity index is 329. The predicted octanol–water partition coefficient (Wildman–Crippen LogP) is 2.68. The molecule has 2 nitrogen and oxygen atoms in total. The Morgan fingerprint density at radius 3 is 2.69 bits per heavy atom. The lowest BCUT2D eigenvalue weighted by atomic mass is 10.2. The first-order valence-corrected chi connectivity index (χ1v) is 6.27. The van der Waals surface area contributed by atoms with Crippen LogP contribution in [-0.2, 0) is 6.54 Å². The van der Waals surface area contributed by atoms with Gasteiger partial charge in [-0.2, -0.15) is 0 Å². The normalized spacial score (nSPS) is 11.1. The van der Waals surface area contributed by atoms with Crippen molar-refractivity contribution in [3.05, 3.63) is 34.1 Å². The minimum atomic E-state index is -0.211. The minimum Gasteiger partial charge on any atom is -0.313 e. The van der Waals surface area contributed by atoms with Crippen molar-refractivity contribution in [1.29, 1.82) is 0 Å². The molecule has 1 aromatic rings. The van der Waals surface area contributed by atoms with Gasteiger partial charge in [0.25, 0.3) is 0 Å². The summed E-state index contributed by atoms with van der Waals surface area (Å²) < 4.78 is 13.6. The summed E-state index contributed by atoms with van der Waals surface area (Å²) in [6.07, 6.45) is 0. The molecule has 16 heavy (non-hydrogen) atoms. The van der Waals surface area contributed by atoms with Gasteiger partial charge in [0.15, 0.2) is 0 Å². The molecule has 4 heteroatoms. The van der Waals surface area contributed by atoms with E-state index in [1.54, 1.807) is 6.07 Å². The Kier molecular flexibility index (Phi) is 5.95. The van der Waals surface area contributed by atoms with Crippen molar-refractivity contribution in [2.24, 2.45) is 0 Å². The van der Waals surface area contributed by atoms with Crippen LogP contribution in [-0.4, -0.2) is 19.1 Å². The highest BCUT2D eigenvalue weighted by atomic mass is 79.9. The highest BCUT2D eigenvalue weighted by molar-refractivity contribution is 9.10. The molecule has 0 aliphatic heterocycles. The topological polar surface area (TPSA) is 24.1 Å². The van der Waals surface area contributed by atoms with Gasteiger partial charge in [0.2, 0.25) is 0 Å². The van der Waals surface area contributed by atoms with E-state index in [0.29, 0.717) is 6.04 Å². The van der Waals surface area contributed by atoms with E-state index < -0.39 is 0 Å². The van der Waals surface area contributed by atoms with E-state index in [2.05, 4.69) is 40.4 Å². The van der Waals surface area contributed by atoms with E-state index in [9.17, 15) is 4.39 Å². The molecule has 0 spiro atoms. The van der Waals surface area contributed by atoms with Crippen LogP contribution in [0.5, 0.6) is 0 Å². The molecular weight excluding hydrogens is 271 g/mol. The van der Waals surface area contributed by atoms with Gasteiger partial charge >= 0.3 is 0 Å². The Hall–Kier alpha value is -0.450. The average molecular weight is 289 g/mol. The van der Waals surface area contributed by atoms with Crippen LogP contribution in [0.2, 0.25) is 0 Å². The van der Waals surface area contributed by atoms with Gasteiger partial charge in [-0.1, -0.05) is 35.8 Å². The van der Waals surface area contributed by atoms with Crippen LogP contribution < -0.4 is 10.6 Å². The van der Waals surface area contributed by atoms with Crippen molar-refractivity contribution in [1.82, 2.24) is 10.6 Å². The summed E-state index contributed by atoms with van der Waals surface area (Å²) in [6.45, 7) is 6.84. The Morgan fingerprint density at radius 2 is 2.06 bits per heavy atom. The molecule has 0 saturated heterocycles. The standard InChI is InChI=1S/C12H18BrFN2/c1-9(2)16-6-5-15-8-10-3-4-11(14)7-12(10)13/h3-4,7,9,15-16H,5-6,8H2,1-2H3. The maximum absolute atomic E-state index is 12.8. The van der Waals surface area contributed by atoms with Crippen molar-refractivity contribution in [3.63, 3.8) is 0 Å². The second-order valence-corrected chi connectivity index (χ2v) is 4.88. The first-order valence-electron chi connectivity index (χ1n) is 5.47. The predicted molar refractivity (Wildman–Crippen MR) is 68.9 cm³/mol. The highest BCUT2D eigenvalue weighted by Gasteiger charge is 2.00. The molecule has 90 valence electrons. The largest absolute Gasteiger partial charge is 0.313 e. The van der Waals surface area contributed by atoms with Crippen LogP contribution in [0.3, 0.4) is 0 Å². The molecule has 1 aromatic carbocycles. The molecule has 0 bridgehead atoms. The highest BCUT2D eigenvalue weighted by Crippen LogP contribution is 2.17. The van der Waals surface area contributed by atoms with E-state index in [4.69, 9.17) is 0 Å². The van der Waals surface area contributed by atoms with E-state index in [1.165, 1.54) is 12.1 Å². The SMILES string of the molecule is CC(C)NCCNCc1ccc(F)cc1Br. The molecule has 0 unspecified atom stereocenters. The fraction of sp³-hybridized carbons (Fsp3) is 0.500. The maximum Gasteiger partial charge on any atom is 0.124 e. The Labute approximate surface area is 105 Å². The lowest BCUT2D eigenvalue weighted by molar-refractivity contribution is 0.555. The van der Waals surface area contributed by atoms with E-state index in [1.807, 2.05) is 0 Å². The molecule has 0 radical (unpaired) electrons. The third-order valence-electron chi connectivity index (χ3n) is 2.18. The molecule has 0 aromatic heterocycles. The van der Waals surface area contributed by atoms with Gasteiger partial charge in [-0.15, -0.1) is 0 Å². The summed E-state index contributed by atoms with van der Waals surface area (Å²) in [6, 6.07) is 5.28. The smallest absolute Gasteiger partial charge is 0.124 e. The summed E-state index contributed by atoms with van der Waals surface area (Å²) in [5.74, 6) is -0.211. The molecule has 0 aliphatic rings. The number of benzene rings is 1. The number of rotatable bonds is 6. The summed E-state index contributed by atoms with van der Waals surface area (Å²) in [5.41, 5.74) is 1.07. The zero-order valence-corrected chi connectivity index (χ0v) is 11.3. The summed E-state index contributed by atoms with van der Waals surface area (Å²) in [4.78, 5) is 0. The molecule has 0 aliphatic carbocycles. The van der Waals surface area contributed by atoms with Crippen molar-refractivity contribution in [2.75, 3.05) is 13.1 Å². The molecule has 0 saturated carbocycles. The van der Waals surface area contributed by atoms with Crippen LogP contribution in [0, 0.1) is 5.82 Å². The first-order chi connectivity index (χ1) is 7.59. The Balaban J connectivity index is 2.27. The van der Waals surface area contributed by atoms with Gasteiger partial charge in [-0.25, -0.2) is 4.39 Å². The van der Waals surface area contributed by atoms with Crippen molar-refractivity contribution in [2.45, 2.75) is 26.4 Å². The van der Waals surface area contributed by atoms with Crippen LogP contribution in [0.15, 0.2) is 22.7 Å². The molecule has 1 rings (SSSR count). The van der Waals surface area contributed by atoms with E-state index >= 15 is 0 Å². The van der Waals surface area contributed by atoms with Crippen molar-refractivity contribution in [3.8, 4) is 0 Å². The zero-order chi connectivity index (χ0) is 12.0. The Morgan fingerprint density at radius 1 is 1.31 bits per heavy atom. The van der Waals surface area contributed by atoms with Crippen LogP contribution in [0.1, 0.15) is 19.4 Å². The fourth-order valence-electron chi connectivity index (χ4n) is 1.34. The molecule has 0 atom stereocenters. The number of hydrogen-bond acceptors (Lipinski definition) is 2. The molecular formula is C12H18BrFN2. The lowest BCUT2D eigenvalue weighted by Gasteiger charge is -2.09. The quantitative estimate of drug-likeness (QED) is 0.787. The molecule has 0 heterocycles. The van der Waals surface area contributed by atoms with Gasteiger partial charge in [-0.3, -0.25) is 0 Å². The van der Waals surface area contributed by atoms with Crippen LogP contribution in [0.25, 0.3) is 0 Å². The van der Waals surface area contributed by atoms with Crippen LogP contribution >= 0.6 is 15.9 Å². The number of hydrogen-bond donors (Lipinski definition) is 2. The summed E-state index contributed by atoms with van der Waals surface area (Å²) in [7, 11) is 0. The van der Waals surface area contributed by atoms with Gasteiger partial charge in [-0.05, 0) is 17.7 Å². The van der Waals surface area contributed by atoms with E-state index in [-0.39, 0.29) is 5.82 Å². The monoisotopic (exact) mass is 288 g/mol. The third-order valence-corrected chi connectivity index (χ3v) is 2.92. The van der Waals surface area contributed by atoms with Gasteiger partial charge < -0.3 is 10.6 Å². The molecule has 0 amide bonds. The van der Waals surface area contributed by atoms with Gasteiger partial charge in [0.05, 0.1) is 0 Å². The van der Waals surface area contributed by atoms with E-state index in [0.717, 1.165) is 29.7 Å². The molecule has 0 fully saturated rings. The average Bonchev–Trinajstić information content (AvgIpc) is 2.20. The zero-order valence-electron chi connectivity index (χ0n) is 9.69. The maximum atomic E-state index is 12.8. The summed E-state index contributed by atoms with van der Waals surface area (Å²) in [5, 5.41) is 6.62. The third kappa shape index (κ3) is 5.05.